The van der Waals surface area contributed by atoms with Gasteiger partial charge in [-0.3, -0.25) is 0 Å². The molecule has 5 heteroatoms. The second-order valence-corrected chi connectivity index (χ2v) is 7.89. The highest BCUT2D eigenvalue weighted by Gasteiger charge is 2.29. The first-order chi connectivity index (χ1) is 9.43. The summed E-state index contributed by atoms with van der Waals surface area (Å²) in [4.78, 5) is 2.21. The Morgan fingerprint density at radius 1 is 1.40 bits per heavy atom. The molecule has 0 spiro atoms. The van der Waals surface area contributed by atoms with Gasteiger partial charge in [-0.25, -0.2) is 8.42 Å². The van der Waals surface area contributed by atoms with E-state index in [1.165, 1.54) is 5.56 Å². The zero-order valence-corrected chi connectivity index (χ0v) is 13.1. The van der Waals surface area contributed by atoms with Gasteiger partial charge in [0.1, 0.15) is 0 Å². The summed E-state index contributed by atoms with van der Waals surface area (Å²) in [5, 5.41) is 0. The molecule has 1 aromatic rings. The van der Waals surface area contributed by atoms with Crippen molar-refractivity contribution < 1.29 is 8.42 Å². The maximum Gasteiger partial charge on any atom is 0.154 e. The van der Waals surface area contributed by atoms with Gasteiger partial charge in [0, 0.05) is 24.3 Å². The molecule has 2 atom stereocenters. The molecule has 0 saturated carbocycles. The van der Waals surface area contributed by atoms with Crippen LogP contribution in [0.25, 0.3) is 0 Å². The number of rotatable bonds is 4. The van der Waals surface area contributed by atoms with Crippen molar-refractivity contribution in [1.82, 2.24) is 0 Å². The van der Waals surface area contributed by atoms with Crippen LogP contribution in [-0.2, 0) is 16.3 Å². The fourth-order valence-electron chi connectivity index (χ4n) is 2.75. The highest BCUT2D eigenvalue weighted by atomic mass is 32.2. The third-order valence-electron chi connectivity index (χ3n) is 3.98. The zero-order valence-electron chi connectivity index (χ0n) is 12.2. The molecule has 2 N–H and O–H groups in total. The van der Waals surface area contributed by atoms with Crippen LogP contribution in [0.15, 0.2) is 24.3 Å². The van der Waals surface area contributed by atoms with E-state index in [4.69, 9.17) is 5.73 Å². The normalized spacial score (nSPS) is 23.6. The van der Waals surface area contributed by atoms with Gasteiger partial charge in [0.15, 0.2) is 9.84 Å². The second-order valence-electron chi connectivity index (χ2n) is 5.66. The standard InChI is InChI=1S/C15H24N2O2S/c1-3-14(16)10-13-6-4-5-7-15(13)17-8-9-20(18,19)11-12(17)2/h4-7,12,14H,3,8-11,16H2,1-2H3. The molecule has 4 nitrogen and oxygen atoms in total. The van der Waals surface area contributed by atoms with Crippen molar-refractivity contribution in [3.8, 4) is 0 Å². The minimum Gasteiger partial charge on any atom is -0.367 e. The first-order valence-electron chi connectivity index (χ1n) is 7.23. The Morgan fingerprint density at radius 3 is 2.75 bits per heavy atom. The molecule has 0 amide bonds. The van der Waals surface area contributed by atoms with Crippen LogP contribution in [0, 0.1) is 0 Å². The maximum absolute atomic E-state index is 11.7. The van der Waals surface area contributed by atoms with Crippen molar-refractivity contribution in [3.63, 3.8) is 0 Å². The van der Waals surface area contributed by atoms with Crippen LogP contribution in [0.2, 0.25) is 0 Å². The van der Waals surface area contributed by atoms with Gasteiger partial charge < -0.3 is 10.6 Å². The Balaban J connectivity index is 2.24. The molecule has 0 radical (unpaired) electrons. The molecule has 2 unspecified atom stereocenters. The number of hydrogen-bond acceptors (Lipinski definition) is 4. The topological polar surface area (TPSA) is 63.4 Å². The fraction of sp³-hybridized carbons (Fsp3) is 0.600. The number of nitrogens with two attached hydrogens (primary N) is 1. The summed E-state index contributed by atoms with van der Waals surface area (Å²) in [7, 11) is -2.88. The van der Waals surface area contributed by atoms with E-state index in [-0.39, 0.29) is 23.6 Å². The number of sulfone groups is 1. The molecule has 1 aliphatic rings. The van der Waals surface area contributed by atoms with Crippen LogP contribution in [0.1, 0.15) is 25.8 Å². The molecule has 0 bridgehead atoms. The minimum atomic E-state index is -2.88. The van der Waals surface area contributed by atoms with E-state index < -0.39 is 9.84 Å². The summed E-state index contributed by atoms with van der Waals surface area (Å²) >= 11 is 0. The molecule has 1 fully saturated rings. The molecular formula is C15H24N2O2S. The molecule has 112 valence electrons. The van der Waals surface area contributed by atoms with Crippen LogP contribution < -0.4 is 10.6 Å². The van der Waals surface area contributed by atoms with Gasteiger partial charge in [-0.15, -0.1) is 0 Å². The predicted molar refractivity (Wildman–Crippen MR) is 83.9 cm³/mol. The summed E-state index contributed by atoms with van der Waals surface area (Å²) in [5.41, 5.74) is 8.42. The number of anilines is 1. The van der Waals surface area contributed by atoms with Crippen molar-refractivity contribution in [1.29, 1.82) is 0 Å². The highest BCUT2D eigenvalue weighted by molar-refractivity contribution is 7.91. The van der Waals surface area contributed by atoms with Crippen molar-refractivity contribution in [2.24, 2.45) is 5.73 Å². The van der Waals surface area contributed by atoms with Crippen LogP contribution in [0.5, 0.6) is 0 Å². The van der Waals surface area contributed by atoms with Gasteiger partial charge in [-0.05, 0) is 31.4 Å². The lowest BCUT2D eigenvalue weighted by atomic mass is 10.0. The maximum atomic E-state index is 11.7. The minimum absolute atomic E-state index is 0.0211. The fourth-order valence-corrected chi connectivity index (χ4v) is 4.30. The SMILES string of the molecule is CCC(N)Cc1ccccc1N1CCS(=O)(=O)CC1C. The average Bonchev–Trinajstić information content (AvgIpc) is 2.39. The molecule has 1 aliphatic heterocycles. The molecule has 1 aromatic carbocycles. The third kappa shape index (κ3) is 3.52. The first-order valence-corrected chi connectivity index (χ1v) is 9.05. The van der Waals surface area contributed by atoms with Crippen LogP contribution >= 0.6 is 0 Å². The molecule has 0 aliphatic carbocycles. The lowest BCUT2D eigenvalue weighted by Crippen LogP contribution is -2.47. The number of para-hydroxylation sites is 1. The van der Waals surface area contributed by atoms with Gasteiger partial charge >= 0.3 is 0 Å². The Kier molecular flexibility index (Phi) is 4.70. The largest absolute Gasteiger partial charge is 0.367 e. The van der Waals surface area contributed by atoms with Gasteiger partial charge in [0.25, 0.3) is 0 Å². The molecule has 2 rings (SSSR count). The third-order valence-corrected chi connectivity index (χ3v) is 5.77. The van der Waals surface area contributed by atoms with E-state index in [9.17, 15) is 8.42 Å². The number of hydrogen-bond donors (Lipinski definition) is 1. The molecule has 1 saturated heterocycles. The number of benzene rings is 1. The Bertz CT molecular complexity index is 557. The summed E-state index contributed by atoms with van der Waals surface area (Å²) in [6, 6.07) is 8.37. The van der Waals surface area contributed by atoms with Crippen molar-refractivity contribution in [2.45, 2.75) is 38.8 Å². The van der Waals surface area contributed by atoms with Gasteiger partial charge in [0.2, 0.25) is 0 Å². The van der Waals surface area contributed by atoms with Gasteiger partial charge in [0.05, 0.1) is 11.5 Å². The summed E-state index contributed by atoms with van der Waals surface area (Å²) in [5.74, 6) is 0.479. The van der Waals surface area contributed by atoms with E-state index >= 15 is 0 Å². The van der Waals surface area contributed by atoms with Crippen molar-refractivity contribution >= 4 is 15.5 Å². The quantitative estimate of drug-likeness (QED) is 0.916. The van der Waals surface area contributed by atoms with E-state index in [2.05, 4.69) is 24.0 Å². The molecule has 0 aromatic heterocycles. The van der Waals surface area contributed by atoms with Crippen LogP contribution in [0.3, 0.4) is 0 Å². The first kappa shape index (κ1) is 15.3. The molecule has 1 heterocycles. The van der Waals surface area contributed by atoms with E-state index in [0.717, 1.165) is 18.5 Å². The van der Waals surface area contributed by atoms with Crippen molar-refractivity contribution in [2.75, 3.05) is 23.0 Å². The lowest BCUT2D eigenvalue weighted by molar-refractivity contribution is 0.567. The monoisotopic (exact) mass is 296 g/mol. The zero-order chi connectivity index (χ0) is 14.8. The smallest absolute Gasteiger partial charge is 0.154 e. The van der Waals surface area contributed by atoms with Gasteiger partial charge in [-0.2, -0.15) is 0 Å². The lowest BCUT2D eigenvalue weighted by Gasteiger charge is -2.36. The molecule has 20 heavy (non-hydrogen) atoms. The summed E-state index contributed by atoms with van der Waals surface area (Å²) < 4.78 is 23.4. The summed E-state index contributed by atoms with van der Waals surface area (Å²) in [6.45, 7) is 4.64. The van der Waals surface area contributed by atoms with E-state index in [1.807, 2.05) is 19.1 Å². The van der Waals surface area contributed by atoms with Crippen LogP contribution in [0.4, 0.5) is 5.69 Å². The van der Waals surface area contributed by atoms with Gasteiger partial charge in [-0.1, -0.05) is 25.1 Å². The average molecular weight is 296 g/mol. The van der Waals surface area contributed by atoms with Crippen LogP contribution in [-0.4, -0.2) is 38.6 Å². The summed E-state index contributed by atoms with van der Waals surface area (Å²) in [6.07, 6.45) is 1.78. The van der Waals surface area contributed by atoms with Crippen molar-refractivity contribution in [3.05, 3.63) is 29.8 Å². The Morgan fingerprint density at radius 2 is 2.10 bits per heavy atom. The van der Waals surface area contributed by atoms with E-state index in [1.54, 1.807) is 0 Å². The second kappa shape index (κ2) is 6.14. The predicted octanol–water partition coefficient (Wildman–Crippen LogP) is 1.59. The Labute approximate surface area is 121 Å². The molecular weight excluding hydrogens is 272 g/mol. The van der Waals surface area contributed by atoms with E-state index in [0.29, 0.717) is 6.54 Å². The highest BCUT2D eigenvalue weighted by Crippen LogP contribution is 2.26. The Hall–Kier alpha value is -1.07. The number of nitrogens with zero attached hydrogens (tertiary/aromatic N) is 1.